The van der Waals surface area contributed by atoms with Crippen molar-refractivity contribution in [1.82, 2.24) is 0 Å². The molecule has 0 N–H and O–H groups in total. The summed E-state index contributed by atoms with van der Waals surface area (Å²) in [5, 5.41) is 2.82. The molecule has 0 aliphatic carbocycles. The van der Waals surface area contributed by atoms with Gasteiger partial charge in [-0.25, -0.2) is 0 Å². The quantitative estimate of drug-likeness (QED) is 0.174. The van der Waals surface area contributed by atoms with Gasteiger partial charge in [-0.15, -0.1) is 11.5 Å². The maximum atomic E-state index is 6.99. The summed E-state index contributed by atoms with van der Waals surface area (Å²) in [6.07, 6.45) is 10.0. The van der Waals surface area contributed by atoms with Crippen molar-refractivity contribution >= 4 is 26.8 Å². The van der Waals surface area contributed by atoms with E-state index in [1.165, 1.54) is 48.9 Å². The predicted octanol–water partition coefficient (Wildman–Crippen LogP) is 7.56. The molecule has 0 bridgehead atoms. The first-order chi connectivity index (χ1) is 15.7. The summed E-state index contributed by atoms with van der Waals surface area (Å²) in [5.41, 5.74) is 3.47. The van der Waals surface area contributed by atoms with E-state index in [-0.39, 0.29) is 5.04 Å². The summed E-state index contributed by atoms with van der Waals surface area (Å²) in [5.74, 6) is 3.40. The Morgan fingerprint density at radius 2 is 1.12 bits per heavy atom. The van der Waals surface area contributed by atoms with Gasteiger partial charge in [-0.2, -0.15) is 0 Å². The first-order valence-electron chi connectivity index (χ1n) is 12.9. The smallest absolute Gasteiger partial charge is 0.261 e. The molecule has 0 amide bonds. The Kier molecular flexibility index (Phi) is 11.2. The molecule has 2 aromatic carbocycles. The van der Waals surface area contributed by atoms with Crippen LogP contribution in [0, 0.1) is 11.5 Å². The maximum absolute atomic E-state index is 6.99. The third kappa shape index (κ3) is 8.93. The molecule has 180 valence electrons. The molecule has 0 atom stereocenters. The molecule has 0 fully saturated rings. The largest absolute Gasteiger partial charge is 0.407 e. The van der Waals surface area contributed by atoms with Crippen LogP contribution in [0.15, 0.2) is 60.7 Å². The third-order valence-electron chi connectivity index (χ3n) is 6.14. The van der Waals surface area contributed by atoms with Crippen LogP contribution < -0.4 is 10.4 Å². The first kappa shape index (κ1) is 27.6. The molecule has 33 heavy (non-hydrogen) atoms. The molecule has 3 heteroatoms. The van der Waals surface area contributed by atoms with Crippen molar-refractivity contribution in [3.8, 4) is 11.5 Å². The molecule has 0 radical (unpaired) electrons. The minimum absolute atomic E-state index is 0.0636. The Hall–Kier alpha value is -1.61. The van der Waals surface area contributed by atoms with Crippen LogP contribution in [0.25, 0.3) is 0 Å². The van der Waals surface area contributed by atoms with Gasteiger partial charge in [0.15, 0.2) is 0 Å². The van der Waals surface area contributed by atoms with Crippen LogP contribution in [0.2, 0.25) is 24.7 Å². The number of hydrogen-bond acceptors (Lipinski definition) is 1. The van der Waals surface area contributed by atoms with Gasteiger partial charge in [-0.1, -0.05) is 133 Å². The fraction of sp³-hybridized carbons (Fsp3) is 0.533. The van der Waals surface area contributed by atoms with Crippen molar-refractivity contribution in [2.75, 3.05) is 6.61 Å². The summed E-state index contributed by atoms with van der Waals surface area (Å²) in [7, 11) is -3.56. The van der Waals surface area contributed by atoms with Gasteiger partial charge in [-0.3, -0.25) is 0 Å². The van der Waals surface area contributed by atoms with Gasteiger partial charge in [0.1, 0.15) is 8.07 Å². The number of hydrogen-bond donors (Lipinski definition) is 0. The average Bonchev–Trinajstić information content (AvgIpc) is 2.77. The van der Waals surface area contributed by atoms with Crippen LogP contribution >= 0.6 is 0 Å². The maximum Gasteiger partial charge on any atom is 0.261 e. The average molecular weight is 479 g/mol. The zero-order chi connectivity index (χ0) is 24.2. The standard InChI is InChI=1S/C30H46OSi2/c1-30(2,3)33(28-22-16-14-17-23-28,29-24-18-15-19-25-29)31-26-20-12-10-8-7-9-11-13-21-27-32(4,5)6/h14-19,22-25H,7-13,20,26H2,1-6H3. The second kappa shape index (κ2) is 13.3. The lowest BCUT2D eigenvalue weighted by atomic mass is 10.1. The van der Waals surface area contributed by atoms with Crippen LogP contribution in [0.3, 0.4) is 0 Å². The van der Waals surface area contributed by atoms with Crippen LogP contribution in [-0.2, 0) is 4.43 Å². The van der Waals surface area contributed by atoms with E-state index in [1.54, 1.807) is 0 Å². The zero-order valence-electron chi connectivity index (χ0n) is 22.0. The van der Waals surface area contributed by atoms with E-state index >= 15 is 0 Å². The lowest BCUT2D eigenvalue weighted by Crippen LogP contribution is -2.66. The molecule has 0 aliphatic rings. The van der Waals surface area contributed by atoms with E-state index in [4.69, 9.17) is 4.43 Å². The van der Waals surface area contributed by atoms with E-state index in [0.717, 1.165) is 19.4 Å². The summed E-state index contributed by atoms with van der Waals surface area (Å²) in [6, 6.07) is 22.0. The lowest BCUT2D eigenvalue weighted by Gasteiger charge is -2.43. The highest BCUT2D eigenvalue weighted by Gasteiger charge is 2.49. The fourth-order valence-electron chi connectivity index (χ4n) is 4.51. The Morgan fingerprint density at radius 3 is 1.58 bits per heavy atom. The van der Waals surface area contributed by atoms with Crippen molar-refractivity contribution < 1.29 is 4.43 Å². The molecule has 0 aromatic heterocycles. The highest BCUT2D eigenvalue weighted by atomic mass is 28.4. The number of rotatable bonds is 12. The minimum atomic E-state index is -2.37. The second-order valence-corrected chi connectivity index (χ2v) is 20.3. The van der Waals surface area contributed by atoms with Gasteiger partial charge in [0.05, 0.1) is 0 Å². The van der Waals surface area contributed by atoms with Gasteiger partial charge < -0.3 is 4.43 Å². The van der Waals surface area contributed by atoms with Crippen LogP contribution in [-0.4, -0.2) is 23.0 Å². The van der Waals surface area contributed by atoms with E-state index in [9.17, 15) is 0 Å². The molecule has 0 unspecified atom stereocenters. The first-order valence-corrected chi connectivity index (χ1v) is 18.3. The van der Waals surface area contributed by atoms with Gasteiger partial charge in [0.2, 0.25) is 0 Å². The van der Waals surface area contributed by atoms with Gasteiger partial charge in [-0.05, 0) is 28.3 Å². The Morgan fingerprint density at radius 1 is 0.667 bits per heavy atom. The van der Waals surface area contributed by atoms with Crippen LogP contribution in [0.5, 0.6) is 0 Å². The SMILES string of the molecule is CC(C)(C)[Si](OCCCCCCCCCC#C[Si](C)(C)C)(c1ccccc1)c1ccccc1. The van der Waals surface area contributed by atoms with E-state index in [0.29, 0.717) is 0 Å². The van der Waals surface area contributed by atoms with Crippen molar-refractivity contribution in [1.29, 1.82) is 0 Å². The zero-order valence-corrected chi connectivity index (χ0v) is 24.0. The van der Waals surface area contributed by atoms with Crippen molar-refractivity contribution in [2.24, 2.45) is 0 Å². The summed E-state index contributed by atoms with van der Waals surface area (Å²) < 4.78 is 6.99. The van der Waals surface area contributed by atoms with Crippen LogP contribution in [0.1, 0.15) is 72.1 Å². The summed E-state index contributed by atoms with van der Waals surface area (Å²) in [4.78, 5) is 0. The lowest BCUT2D eigenvalue weighted by molar-refractivity contribution is 0.286. The number of benzene rings is 2. The molecule has 1 nitrogen and oxygen atoms in total. The molecule has 2 rings (SSSR count). The Labute approximate surface area is 206 Å². The Bertz CT molecular complexity index is 812. The van der Waals surface area contributed by atoms with Crippen LogP contribution in [0.4, 0.5) is 0 Å². The van der Waals surface area contributed by atoms with E-state index < -0.39 is 16.4 Å². The van der Waals surface area contributed by atoms with Crippen molar-refractivity contribution in [3.05, 3.63) is 60.7 Å². The molecule has 2 aromatic rings. The molecular weight excluding hydrogens is 433 g/mol. The van der Waals surface area contributed by atoms with Gasteiger partial charge in [0.25, 0.3) is 8.32 Å². The minimum Gasteiger partial charge on any atom is -0.407 e. The Balaban J connectivity index is 1.84. The molecular formula is C30H46OSi2. The molecule has 0 saturated heterocycles. The molecule has 0 aliphatic heterocycles. The van der Waals surface area contributed by atoms with Crippen molar-refractivity contribution in [2.45, 2.75) is 96.8 Å². The van der Waals surface area contributed by atoms with Gasteiger partial charge in [0, 0.05) is 13.0 Å². The highest BCUT2D eigenvalue weighted by Crippen LogP contribution is 2.36. The predicted molar refractivity (Wildman–Crippen MR) is 152 cm³/mol. The molecule has 0 spiro atoms. The topological polar surface area (TPSA) is 9.23 Å². The molecule has 0 heterocycles. The van der Waals surface area contributed by atoms with E-state index in [2.05, 4.69) is 113 Å². The summed E-state index contributed by atoms with van der Waals surface area (Å²) >= 11 is 0. The summed E-state index contributed by atoms with van der Waals surface area (Å²) in [6.45, 7) is 14.9. The van der Waals surface area contributed by atoms with E-state index in [1.807, 2.05) is 0 Å². The monoisotopic (exact) mass is 478 g/mol. The van der Waals surface area contributed by atoms with Crippen molar-refractivity contribution in [3.63, 3.8) is 0 Å². The number of unbranched alkanes of at least 4 members (excludes halogenated alkanes) is 7. The molecule has 0 saturated carbocycles. The second-order valence-electron chi connectivity index (χ2n) is 11.3. The highest BCUT2D eigenvalue weighted by molar-refractivity contribution is 6.99. The fourth-order valence-corrected chi connectivity index (χ4v) is 9.78. The third-order valence-corrected chi connectivity index (χ3v) is 12.1. The normalized spacial score (nSPS) is 12.3. The van der Waals surface area contributed by atoms with Gasteiger partial charge >= 0.3 is 0 Å².